The summed E-state index contributed by atoms with van der Waals surface area (Å²) in [7, 11) is 0. The van der Waals surface area contributed by atoms with Gasteiger partial charge in [0.25, 0.3) is 0 Å². The first-order chi connectivity index (χ1) is 6.61. The molecule has 76 valence electrons. The summed E-state index contributed by atoms with van der Waals surface area (Å²) in [5, 5.41) is 8.95. The van der Waals surface area contributed by atoms with Crippen LogP contribution < -0.4 is 0 Å². The van der Waals surface area contributed by atoms with Crippen LogP contribution in [-0.4, -0.2) is 34.0 Å². The fourth-order valence-corrected chi connectivity index (χ4v) is 2.53. The standard InChI is InChI=1S/C10H13NO3/c1-6(12)11-7-2-4-8(10(13)14)9(11)5-3-7/h4,7,9H,2-3,5H2,1H3,(H,13,14). The summed E-state index contributed by atoms with van der Waals surface area (Å²) in [6.45, 7) is 1.51. The lowest BCUT2D eigenvalue weighted by Crippen LogP contribution is -2.44. The van der Waals surface area contributed by atoms with Crippen molar-refractivity contribution in [2.24, 2.45) is 0 Å². The van der Waals surface area contributed by atoms with E-state index in [0.717, 1.165) is 12.8 Å². The molecule has 2 heterocycles. The minimum Gasteiger partial charge on any atom is -0.478 e. The third-order valence-electron chi connectivity index (χ3n) is 3.08. The van der Waals surface area contributed by atoms with Crippen LogP contribution in [0.5, 0.6) is 0 Å². The Bertz CT molecular complexity index is 321. The number of carbonyl (C=O) groups excluding carboxylic acids is 1. The molecule has 4 nitrogen and oxygen atoms in total. The van der Waals surface area contributed by atoms with Crippen molar-refractivity contribution in [3.8, 4) is 0 Å². The SMILES string of the molecule is CC(=O)N1C2CC=C(C(=O)O)C1CC2. The van der Waals surface area contributed by atoms with Crippen LogP contribution in [-0.2, 0) is 9.59 Å². The van der Waals surface area contributed by atoms with Gasteiger partial charge in [-0.15, -0.1) is 0 Å². The van der Waals surface area contributed by atoms with Crippen LogP contribution >= 0.6 is 0 Å². The molecule has 2 rings (SSSR count). The van der Waals surface area contributed by atoms with E-state index in [2.05, 4.69) is 0 Å². The quantitative estimate of drug-likeness (QED) is 0.672. The van der Waals surface area contributed by atoms with Crippen molar-refractivity contribution in [3.05, 3.63) is 11.6 Å². The summed E-state index contributed by atoms with van der Waals surface area (Å²) in [6.07, 6.45) is 4.18. The molecule has 2 atom stereocenters. The maximum Gasteiger partial charge on any atom is 0.333 e. The summed E-state index contributed by atoms with van der Waals surface area (Å²) < 4.78 is 0. The molecule has 14 heavy (non-hydrogen) atoms. The van der Waals surface area contributed by atoms with Gasteiger partial charge in [-0.2, -0.15) is 0 Å². The van der Waals surface area contributed by atoms with Crippen LogP contribution in [0.1, 0.15) is 26.2 Å². The zero-order valence-electron chi connectivity index (χ0n) is 8.06. The van der Waals surface area contributed by atoms with Crippen molar-refractivity contribution in [3.63, 3.8) is 0 Å². The molecule has 2 aliphatic rings. The van der Waals surface area contributed by atoms with Gasteiger partial charge in [0.2, 0.25) is 5.91 Å². The van der Waals surface area contributed by atoms with Gasteiger partial charge < -0.3 is 10.0 Å². The highest BCUT2D eigenvalue weighted by Crippen LogP contribution is 2.35. The zero-order valence-corrected chi connectivity index (χ0v) is 8.06. The van der Waals surface area contributed by atoms with E-state index >= 15 is 0 Å². The van der Waals surface area contributed by atoms with Crippen molar-refractivity contribution in [1.82, 2.24) is 4.90 Å². The monoisotopic (exact) mass is 195 g/mol. The average Bonchev–Trinajstić information content (AvgIpc) is 2.40. The number of carboxylic acids is 1. The van der Waals surface area contributed by atoms with E-state index in [-0.39, 0.29) is 18.0 Å². The highest BCUT2D eigenvalue weighted by atomic mass is 16.4. The lowest BCUT2D eigenvalue weighted by atomic mass is 10.0. The number of carbonyl (C=O) groups is 2. The first-order valence-corrected chi connectivity index (χ1v) is 4.83. The fraction of sp³-hybridized carbons (Fsp3) is 0.600. The van der Waals surface area contributed by atoms with E-state index in [0.29, 0.717) is 12.0 Å². The molecule has 1 saturated heterocycles. The fourth-order valence-electron chi connectivity index (χ4n) is 2.53. The number of fused-ring (bicyclic) bond motifs is 2. The number of carboxylic acid groups (broad SMARTS) is 1. The molecule has 0 aromatic carbocycles. The second-order valence-corrected chi connectivity index (χ2v) is 3.87. The zero-order chi connectivity index (χ0) is 10.3. The average molecular weight is 195 g/mol. The number of hydrogen-bond acceptors (Lipinski definition) is 2. The molecule has 0 spiro atoms. The molecule has 0 aliphatic carbocycles. The lowest BCUT2D eigenvalue weighted by Gasteiger charge is -2.32. The van der Waals surface area contributed by atoms with Crippen LogP contribution in [0.15, 0.2) is 11.6 Å². The Morgan fingerprint density at radius 3 is 2.79 bits per heavy atom. The minimum atomic E-state index is -0.887. The van der Waals surface area contributed by atoms with Crippen molar-refractivity contribution >= 4 is 11.9 Å². The van der Waals surface area contributed by atoms with Gasteiger partial charge in [-0.25, -0.2) is 4.79 Å². The Labute approximate surface area is 82.2 Å². The first kappa shape index (κ1) is 9.24. The van der Waals surface area contributed by atoms with Crippen LogP contribution in [0.4, 0.5) is 0 Å². The minimum absolute atomic E-state index is 0.00986. The first-order valence-electron chi connectivity index (χ1n) is 4.83. The Balaban J connectivity index is 2.31. The highest BCUT2D eigenvalue weighted by molar-refractivity contribution is 5.90. The second-order valence-electron chi connectivity index (χ2n) is 3.87. The summed E-state index contributed by atoms with van der Waals surface area (Å²) in [4.78, 5) is 24.0. The third-order valence-corrected chi connectivity index (χ3v) is 3.08. The van der Waals surface area contributed by atoms with E-state index in [4.69, 9.17) is 5.11 Å². The molecule has 1 amide bonds. The predicted molar refractivity (Wildman–Crippen MR) is 49.7 cm³/mol. The Hall–Kier alpha value is -1.32. The molecule has 1 fully saturated rings. The Morgan fingerprint density at radius 2 is 2.21 bits per heavy atom. The van der Waals surface area contributed by atoms with E-state index in [9.17, 15) is 9.59 Å². The van der Waals surface area contributed by atoms with E-state index in [1.54, 1.807) is 11.0 Å². The summed E-state index contributed by atoms with van der Waals surface area (Å²) in [6, 6.07) is 0.0596. The van der Waals surface area contributed by atoms with E-state index < -0.39 is 5.97 Å². The molecule has 2 aliphatic heterocycles. The number of hydrogen-bond donors (Lipinski definition) is 1. The maximum absolute atomic E-state index is 11.3. The molecule has 0 radical (unpaired) electrons. The number of amides is 1. The molecule has 0 saturated carbocycles. The molecule has 1 N–H and O–H groups in total. The van der Waals surface area contributed by atoms with Gasteiger partial charge in [-0.05, 0) is 19.3 Å². The van der Waals surface area contributed by atoms with Gasteiger partial charge in [0.15, 0.2) is 0 Å². The number of aliphatic carboxylic acids is 1. The molecular formula is C10H13NO3. The maximum atomic E-state index is 11.3. The molecule has 0 aromatic rings. The summed E-state index contributed by atoms with van der Waals surface area (Å²) >= 11 is 0. The highest BCUT2D eigenvalue weighted by Gasteiger charge is 2.41. The lowest BCUT2D eigenvalue weighted by molar-refractivity contribution is -0.135. The third kappa shape index (κ3) is 1.22. The van der Waals surface area contributed by atoms with Gasteiger partial charge in [0, 0.05) is 13.0 Å². The van der Waals surface area contributed by atoms with Gasteiger partial charge >= 0.3 is 5.97 Å². The van der Waals surface area contributed by atoms with Gasteiger partial charge in [-0.3, -0.25) is 4.79 Å². The molecule has 0 aromatic heterocycles. The number of rotatable bonds is 1. The van der Waals surface area contributed by atoms with Crippen molar-refractivity contribution in [2.45, 2.75) is 38.3 Å². The van der Waals surface area contributed by atoms with Crippen molar-refractivity contribution in [1.29, 1.82) is 0 Å². The Morgan fingerprint density at radius 1 is 1.50 bits per heavy atom. The predicted octanol–water partition coefficient (Wildman–Crippen LogP) is 0.781. The molecule has 2 unspecified atom stereocenters. The van der Waals surface area contributed by atoms with Crippen LogP contribution in [0.3, 0.4) is 0 Å². The van der Waals surface area contributed by atoms with Gasteiger partial charge in [-0.1, -0.05) is 6.08 Å². The largest absolute Gasteiger partial charge is 0.478 e. The molecular weight excluding hydrogens is 182 g/mol. The summed E-state index contributed by atoms with van der Waals surface area (Å²) in [5.74, 6) is -0.897. The van der Waals surface area contributed by atoms with E-state index in [1.165, 1.54) is 6.92 Å². The van der Waals surface area contributed by atoms with Crippen LogP contribution in [0.2, 0.25) is 0 Å². The topological polar surface area (TPSA) is 57.6 Å². The normalized spacial score (nSPS) is 30.1. The van der Waals surface area contributed by atoms with Gasteiger partial charge in [0.05, 0.1) is 11.6 Å². The van der Waals surface area contributed by atoms with E-state index in [1.807, 2.05) is 0 Å². The van der Waals surface area contributed by atoms with Crippen LogP contribution in [0, 0.1) is 0 Å². The van der Waals surface area contributed by atoms with Crippen molar-refractivity contribution < 1.29 is 14.7 Å². The summed E-state index contributed by atoms with van der Waals surface area (Å²) in [5.41, 5.74) is 0.397. The smallest absolute Gasteiger partial charge is 0.333 e. The van der Waals surface area contributed by atoms with Gasteiger partial charge in [0.1, 0.15) is 0 Å². The van der Waals surface area contributed by atoms with Crippen LogP contribution in [0.25, 0.3) is 0 Å². The second kappa shape index (κ2) is 3.12. The number of nitrogens with zero attached hydrogens (tertiary/aromatic N) is 1. The molecule has 2 bridgehead atoms. The molecule has 4 heteroatoms. The Kier molecular flexibility index (Phi) is 2.06. The van der Waals surface area contributed by atoms with Crippen molar-refractivity contribution in [2.75, 3.05) is 0 Å².